The molecule has 3 aliphatic rings. The summed E-state index contributed by atoms with van der Waals surface area (Å²) >= 11 is 10.7. The Morgan fingerprint density at radius 3 is 0.942 bits per heavy atom. The van der Waals surface area contributed by atoms with Gasteiger partial charge in [0.05, 0.1) is 41.2 Å². The molecule has 0 amide bonds. The van der Waals surface area contributed by atoms with Crippen LogP contribution in [0.5, 0.6) is 17.2 Å². The molecule has 0 unspecified atom stereocenters. The largest absolute Gasteiger partial charge is 0.496 e. The molecule has 6 nitrogen and oxygen atoms in total. The maximum atomic E-state index is 6.18. The molecule has 0 spiro atoms. The predicted molar refractivity (Wildman–Crippen MR) is 288 cm³/mol. The van der Waals surface area contributed by atoms with Crippen LogP contribution in [0.1, 0.15) is 68.4 Å². The zero-order valence-electron chi connectivity index (χ0n) is 38.6. The lowest BCUT2D eigenvalue weighted by Gasteiger charge is -2.28. The van der Waals surface area contributed by atoms with Crippen LogP contribution >= 0.6 is 47.8 Å². The van der Waals surface area contributed by atoms with Crippen LogP contribution in [0.2, 0.25) is 0 Å². The quantitative estimate of drug-likeness (QED) is 0.165. The van der Waals surface area contributed by atoms with Gasteiger partial charge in [-0.15, -0.1) is 0 Å². The molecule has 0 fully saturated rings. The zero-order chi connectivity index (χ0) is 47.4. The van der Waals surface area contributed by atoms with Gasteiger partial charge in [0, 0.05) is 30.1 Å². The third kappa shape index (κ3) is 9.70. The minimum Gasteiger partial charge on any atom is -0.496 e. The number of ether oxygens (including phenoxy) is 6. The summed E-state index contributed by atoms with van der Waals surface area (Å²) in [5.41, 5.74) is 11.2. The first-order chi connectivity index (χ1) is 33.8. The third-order valence-corrected chi connectivity index (χ3v) is 14.9. The highest BCUT2D eigenvalue weighted by molar-refractivity contribution is 9.11. The SMILES string of the molecule is COc1ccc2cc(Br)ccc2c1[C@@H]1OCCc2ccccc21.COc1ccc2cc(Br)ccc2c1[C@@H]1OCCc2ccccc21.COc1ccc2cc(Br)ccc2c1[C@H]1OCCc2ccccc21. The average Bonchev–Trinajstić information content (AvgIpc) is 3.39. The second-order valence-corrected chi connectivity index (χ2v) is 20.0. The molecule has 348 valence electrons. The summed E-state index contributed by atoms with van der Waals surface area (Å²) in [5, 5.41) is 7.07. The molecule has 0 N–H and O–H groups in total. The van der Waals surface area contributed by atoms with E-state index in [9.17, 15) is 0 Å². The van der Waals surface area contributed by atoms with Crippen LogP contribution in [0, 0.1) is 0 Å². The van der Waals surface area contributed by atoms with Crippen molar-refractivity contribution in [2.75, 3.05) is 41.2 Å². The van der Waals surface area contributed by atoms with E-state index in [4.69, 9.17) is 28.4 Å². The van der Waals surface area contributed by atoms with E-state index in [1.807, 2.05) is 18.2 Å². The normalized spacial score (nSPS) is 17.0. The lowest BCUT2D eigenvalue weighted by atomic mass is 9.90. The Bertz CT molecular complexity index is 2970. The first kappa shape index (κ1) is 47.2. The van der Waals surface area contributed by atoms with E-state index in [-0.39, 0.29) is 18.3 Å². The second kappa shape index (κ2) is 21.2. The van der Waals surface area contributed by atoms with Gasteiger partial charge >= 0.3 is 0 Å². The fourth-order valence-electron chi connectivity index (χ4n) is 10.2. The van der Waals surface area contributed by atoms with E-state index in [1.165, 1.54) is 65.7 Å². The molecule has 9 aromatic carbocycles. The lowest BCUT2D eigenvalue weighted by molar-refractivity contribution is 0.0690. The maximum absolute atomic E-state index is 6.18. The molecule has 0 bridgehead atoms. The summed E-state index contributed by atoms with van der Waals surface area (Å²) < 4.78 is 38.7. The smallest absolute Gasteiger partial charge is 0.125 e. The molecule has 0 radical (unpaired) electrons. The Morgan fingerprint density at radius 1 is 0.362 bits per heavy atom. The highest BCUT2D eigenvalue weighted by Crippen LogP contribution is 2.45. The van der Waals surface area contributed by atoms with Gasteiger partial charge in [-0.2, -0.15) is 0 Å². The van der Waals surface area contributed by atoms with Crippen molar-refractivity contribution in [3.05, 3.63) is 227 Å². The Hall–Kier alpha value is -5.52. The van der Waals surface area contributed by atoms with Crippen LogP contribution < -0.4 is 14.2 Å². The number of halogens is 3. The van der Waals surface area contributed by atoms with E-state index in [0.717, 1.165) is 86.4 Å². The van der Waals surface area contributed by atoms with Gasteiger partial charge in [0.15, 0.2) is 0 Å². The first-order valence-corrected chi connectivity index (χ1v) is 25.6. The fourth-order valence-corrected chi connectivity index (χ4v) is 11.3. The number of rotatable bonds is 6. The molecular formula is C60H51Br3O6. The first-order valence-electron chi connectivity index (χ1n) is 23.2. The monoisotopic (exact) mass is 1100 g/mol. The van der Waals surface area contributed by atoms with Gasteiger partial charge in [-0.3, -0.25) is 0 Å². The van der Waals surface area contributed by atoms with Gasteiger partial charge < -0.3 is 28.4 Å². The average molecular weight is 1110 g/mol. The summed E-state index contributed by atoms with van der Waals surface area (Å²) in [6, 6.07) is 57.0. The summed E-state index contributed by atoms with van der Waals surface area (Å²) in [7, 11) is 5.16. The van der Waals surface area contributed by atoms with E-state index >= 15 is 0 Å². The van der Waals surface area contributed by atoms with Gasteiger partial charge in [-0.1, -0.05) is 157 Å². The van der Waals surface area contributed by atoms with Crippen molar-refractivity contribution in [3.63, 3.8) is 0 Å². The predicted octanol–water partition coefficient (Wildman–Crippen LogP) is 15.8. The number of hydrogen-bond donors (Lipinski definition) is 0. The Kier molecular flexibility index (Phi) is 14.5. The molecule has 0 aliphatic carbocycles. The van der Waals surface area contributed by atoms with E-state index in [0.29, 0.717) is 0 Å². The molecular weight excluding hydrogens is 1060 g/mol. The van der Waals surface area contributed by atoms with Crippen molar-refractivity contribution < 1.29 is 28.4 Å². The van der Waals surface area contributed by atoms with Crippen molar-refractivity contribution in [2.45, 2.75) is 37.6 Å². The van der Waals surface area contributed by atoms with Crippen molar-refractivity contribution in [3.8, 4) is 17.2 Å². The van der Waals surface area contributed by atoms with Crippen LogP contribution in [0.15, 0.2) is 177 Å². The Morgan fingerprint density at radius 2 is 0.652 bits per heavy atom. The van der Waals surface area contributed by atoms with Gasteiger partial charge in [0.2, 0.25) is 0 Å². The lowest BCUT2D eigenvalue weighted by Crippen LogP contribution is -2.18. The third-order valence-electron chi connectivity index (χ3n) is 13.4. The summed E-state index contributed by atoms with van der Waals surface area (Å²) in [6.45, 7) is 2.20. The molecule has 0 aromatic heterocycles. The van der Waals surface area contributed by atoms with Crippen LogP contribution in [-0.4, -0.2) is 41.2 Å². The molecule has 9 aromatic rings. The summed E-state index contributed by atoms with van der Waals surface area (Å²) in [4.78, 5) is 0. The minimum atomic E-state index is -0.0835. The van der Waals surface area contributed by atoms with Crippen molar-refractivity contribution in [2.24, 2.45) is 0 Å². The maximum Gasteiger partial charge on any atom is 0.125 e. The summed E-state index contributed by atoms with van der Waals surface area (Å²) in [6.07, 6.45) is 2.64. The van der Waals surface area contributed by atoms with E-state index < -0.39 is 0 Å². The van der Waals surface area contributed by atoms with Gasteiger partial charge in [0.25, 0.3) is 0 Å². The molecule has 9 heteroatoms. The zero-order valence-corrected chi connectivity index (χ0v) is 43.4. The van der Waals surface area contributed by atoms with Crippen molar-refractivity contribution in [1.29, 1.82) is 0 Å². The van der Waals surface area contributed by atoms with Crippen molar-refractivity contribution in [1.82, 2.24) is 0 Å². The number of hydrogen-bond acceptors (Lipinski definition) is 6. The Balaban J connectivity index is 0.000000120. The Labute approximate surface area is 428 Å². The van der Waals surface area contributed by atoms with Crippen LogP contribution in [-0.2, 0) is 33.5 Å². The highest BCUT2D eigenvalue weighted by Gasteiger charge is 2.30. The van der Waals surface area contributed by atoms with Crippen LogP contribution in [0.25, 0.3) is 32.3 Å². The van der Waals surface area contributed by atoms with Crippen molar-refractivity contribution >= 4 is 80.1 Å². The van der Waals surface area contributed by atoms with E-state index in [2.05, 4.69) is 193 Å². The van der Waals surface area contributed by atoms with E-state index in [1.54, 1.807) is 21.3 Å². The molecule has 0 saturated heterocycles. The van der Waals surface area contributed by atoms with Gasteiger partial charge in [-0.05, 0) is 140 Å². The number of benzene rings is 9. The fraction of sp³-hybridized carbons (Fsp3) is 0.200. The highest BCUT2D eigenvalue weighted by atomic mass is 79.9. The van der Waals surface area contributed by atoms with Gasteiger partial charge in [0.1, 0.15) is 35.6 Å². The standard InChI is InChI=1S/3C20H17BrO2/c3*1-22-18-9-6-14-12-15(21)7-8-16(14)19(18)20-17-5-3-2-4-13(17)10-11-23-20/h3*2-9,12,20H,10-11H2,1H3/t3*20-/m110/s1. The number of fused-ring (bicyclic) bond motifs is 6. The van der Waals surface area contributed by atoms with Gasteiger partial charge in [-0.25, -0.2) is 0 Å². The molecule has 0 saturated carbocycles. The topological polar surface area (TPSA) is 55.4 Å². The molecule has 3 atom stereocenters. The van der Waals surface area contributed by atoms with Crippen LogP contribution in [0.3, 0.4) is 0 Å². The van der Waals surface area contributed by atoms with Crippen LogP contribution in [0.4, 0.5) is 0 Å². The summed E-state index contributed by atoms with van der Waals surface area (Å²) in [5.74, 6) is 2.63. The molecule has 12 rings (SSSR count). The minimum absolute atomic E-state index is 0.0835. The molecule has 3 aliphatic heterocycles. The molecule has 69 heavy (non-hydrogen) atoms. The number of methoxy groups -OCH3 is 3. The molecule has 3 heterocycles. The second-order valence-electron chi connectivity index (χ2n) is 17.2.